The van der Waals surface area contributed by atoms with Crippen molar-refractivity contribution >= 4 is 80.9 Å². The zero-order valence-electron chi connectivity index (χ0n) is 23.9. The summed E-state index contributed by atoms with van der Waals surface area (Å²) in [6.45, 7) is 0. The molecule has 9 rings (SSSR count). The third-order valence-corrected chi connectivity index (χ3v) is 10.0. The van der Waals surface area contributed by atoms with Gasteiger partial charge in [-0.3, -0.25) is 0 Å². The number of fused-ring (bicyclic) bond motifs is 9. The monoisotopic (exact) mass is 577 g/mol. The Morgan fingerprint density at radius 1 is 0.341 bits per heavy atom. The molecule has 0 aliphatic carbocycles. The van der Waals surface area contributed by atoms with Crippen molar-refractivity contribution in [3.05, 3.63) is 164 Å². The van der Waals surface area contributed by atoms with Gasteiger partial charge in [-0.05, 0) is 63.5 Å². The Labute approximate surface area is 259 Å². The number of hydrogen-bond donors (Lipinski definition) is 0. The lowest BCUT2D eigenvalue weighted by molar-refractivity contribution is 1.30. The molecule has 0 spiro atoms. The van der Waals surface area contributed by atoms with E-state index in [2.05, 4.69) is 169 Å². The Balaban J connectivity index is 1.48. The second-order valence-electron chi connectivity index (χ2n) is 11.3. The molecule has 0 amide bonds. The summed E-state index contributed by atoms with van der Waals surface area (Å²) in [5, 5.41) is 10.3. The van der Waals surface area contributed by atoms with E-state index in [9.17, 15) is 0 Å². The standard InChI is InChI=1S/C42H27NS/c1-3-14-28(15-4-1)43(29-16-5-2-6-17-29)38-26-13-23-34-31-19-8-7-18-30(31)33-21-11-22-35(40(33)41(34)38)37-25-12-24-36-32-20-9-10-27-39(32)44-42(36)37/h1-27H. The molecule has 0 radical (unpaired) electrons. The van der Waals surface area contributed by atoms with E-state index in [0.717, 1.165) is 11.4 Å². The maximum atomic E-state index is 2.41. The average molecular weight is 578 g/mol. The lowest BCUT2D eigenvalue weighted by Crippen LogP contribution is -2.10. The number of para-hydroxylation sites is 2. The van der Waals surface area contributed by atoms with Crippen LogP contribution < -0.4 is 4.90 Å². The summed E-state index contributed by atoms with van der Waals surface area (Å²) in [6, 6.07) is 59.6. The van der Waals surface area contributed by atoms with Crippen molar-refractivity contribution in [2.45, 2.75) is 0 Å². The highest BCUT2D eigenvalue weighted by molar-refractivity contribution is 7.26. The van der Waals surface area contributed by atoms with Gasteiger partial charge in [0.1, 0.15) is 0 Å². The van der Waals surface area contributed by atoms with E-state index >= 15 is 0 Å². The van der Waals surface area contributed by atoms with Crippen molar-refractivity contribution in [1.29, 1.82) is 0 Å². The molecule has 2 heteroatoms. The second-order valence-corrected chi connectivity index (χ2v) is 12.3. The normalized spacial score (nSPS) is 11.6. The van der Waals surface area contributed by atoms with Gasteiger partial charge in [0.25, 0.3) is 0 Å². The number of rotatable bonds is 4. The van der Waals surface area contributed by atoms with Crippen LogP contribution in [0.15, 0.2) is 164 Å². The minimum atomic E-state index is 1.14. The van der Waals surface area contributed by atoms with Gasteiger partial charge < -0.3 is 4.90 Å². The zero-order valence-corrected chi connectivity index (χ0v) is 24.8. The van der Waals surface area contributed by atoms with E-state index in [0.29, 0.717) is 0 Å². The molecule has 1 nitrogen and oxygen atoms in total. The number of anilines is 3. The molecule has 44 heavy (non-hydrogen) atoms. The summed E-state index contributed by atoms with van der Waals surface area (Å²) >= 11 is 1.89. The molecule has 0 saturated carbocycles. The largest absolute Gasteiger partial charge is 0.310 e. The van der Waals surface area contributed by atoms with Crippen molar-refractivity contribution in [2.24, 2.45) is 0 Å². The van der Waals surface area contributed by atoms with E-state index in [1.54, 1.807) is 0 Å². The first kappa shape index (κ1) is 25.1. The third-order valence-electron chi connectivity index (χ3n) is 8.83. The van der Waals surface area contributed by atoms with Gasteiger partial charge >= 0.3 is 0 Å². The predicted molar refractivity (Wildman–Crippen MR) is 192 cm³/mol. The highest BCUT2D eigenvalue weighted by Crippen LogP contribution is 2.49. The predicted octanol–water partition coefficient (Wildman–Crippen LogP) is 12.7. The molecule has 0 bridgehead atoms. The Morgan fingerprint density at radius 3 is 1.52 bits per heavy atom. The fourth-order valence-corrected chi connectivity index (χ4v) is 8.21. The number of nitrogens with zero attached hydrogens (tertiary/aromatic N) is 1. The van der Waals surface area contributed by atoms with Crippen molar-refractivity contribution in [3.63, 3.8) is 0 Å². The zero-order chi connectivity index (χ0) is 29.0. The molecule has 0 N–H and O–H groups in total. The van der Waals surface area contributed by atoms with E-state index in [1.165, 1.54) is 69.3 Å². The minimum absolute atomic E-state index is 1.14. The average Bonchev–Trinajstić information content (AvgIpc) is 3.48. The van der Waals surface area contributed by atoms with Crippen molar-refractivity contribution < 1.29 is 0 Å². The van der Waals surface area contributed by atoms with Crippen LogP contribution in [0.3, 0.4) is 0 Å². The topological polar surface area (TPSA) is 3.24 Å². The maximum Gasteiger partial charge on any atom is 0.0546 e. The number of hydrogen-bond acceptors (Lipinski definition) is 2. The number of thiophene rings is 1. The molecule has 1 aromatic heterocycles. The summed E-state index contributed by atoms with van der Waals surface area (Å²) in [7, 11) is 0. The fourth-order valence-electron chi connectivity index (χ4n) is 6.98. The Morgan fingerprint density at radius 2 is 0.841 bits per heavy atom. The van der Waals surface area contributed by atoms with Crippen LogP contribution in [0.25, 0.3) is 63.6 Å². The molecule has 9 aromatic rings. The van der Waals surface area contributed by atoms with Crippen LogP contribution in [0.1, 0.15) is 0 Å². The molecular formula is C42H27NS. The molecule has 0 saturated heterocycles. The summed E-state index contributed by atoms with van der Waals surface area (Å²) in [4.78, 5) is 2.41. The molecule has 1 heterocycles. The smallest absolute Gasteiger partial charge is 0.0546 e. The summed E-state index contributed by atoms with van der Waals surface area (Å²) < 4.78 is 2.66. The van der Waals surface area contributed by atoms with Crippen LogP contribution >= 0.6 is 11.3 Å². The first-order chi connectivity index (χ1) is 21.9. The quantitative estimate of drug-likeness (QED) is 0.188. The molecular weight excluding hydrogens is 551 g/mol. The summed E-state index contributed by atoms with van der Waals surface area (Å²) in [5.41, 5.74) is 6.00. The fraction of sp³-hybridized carbons (Fsp3) is 0. The van der Waals surface area contributed by atoms with Crippen LogP contribution in [0.5, 0.6) is 0 Å². The molecule has 206 valence electrons. The van der Waals surface area contributed by atoms with Crippen LogP contribution in [-0.4, -0.2) is 0 Å². The van der Waals surface area contributed by atoms with Gasteiger partial charge in [0.2, 0.25) is 0 Å². The Hall–Kier alpha value is -5.44. The summed E-state index contributed by atoms with van der Waals surface area (Å²) in [6.07, 6.45) is 0. The van der Waals surface area contributed by atoms with Gasteiger partial charge in [-0.1, -0.05) is 127 Å². The van der Waals surface area contributed by atoms with Crippen LogP contribution in [0.2, 0.25) is 0 Å². The first-order valence-electron chi connectivity index (χ1n) is 15.0. The second kappa shape index (κ2) is 10.1. The first-order valence-corrected chi connectivity index (χ1v) is 15.9. The van der Waals surface area contributed by atoms with E-state index < -0.39 is 0 Å². The van der Waals surface area contributed by atoms with E-state index in [-0.39, 0.29) is 0 Å². The molecule has 0 fully saturated rings. The number of benzene rings is 8. The van der Waals surface area contributed by atoms with Crippen LogP contribution in [0.4, 0.5) is 17.1 Å². The van der Waals surface area contributed by atoms with Crippen molar-refractivity contribution in [1.82, 2.24) is 0 Å². The lowest BCUT2D eigenvalue weighted by atomic mass is 9.88. The summed E-state index contributed by atoms with van der Waals surface area (Å²) in [5.74, 6) is 0. The SMILES string of the molecule is c1ccc(N(c2ccccc2)c2cccc3c4ccccc4c4cccc(-c5cccc6c5sc5ccccc56)c4c23)cc1. The van der Waals surface area contributed by atoms with Crippen molar-refractivity contribution in [2.75, 3.05) is 4.90 Å². The highest BCUT2D eigenvalue weighted by atomic mass is 32.1. The van der Waals surface area contributed by atoms with E-state index in [1.807, 2.05) is 11.3 Å². The molecule has 8 aromatic carbocycles. The third kappa shape index (κ3) is 3.78. The highest BCUT2D eigenvalue weighted by Gasteiger charge is 2.21. The van der Waals surface area contributed by atoms with Gasteiger partial charge in [-0.15, -0.1) is 11.3 Å². The van der Waals surface area contributed by atoms with Crippen LogP contribution in [-0.2, 0) is 0 Å². The van der Waals surface area contributed by atoms with Gasteiger partial charge in [0, 0.05) is 47.9 Å². The molecule has 0 aliphatic rings. The Kier molecular flexibility index (Phi) is 5.75. The molecule has 0 atom stereocenters. The van der Waals surface area contributed by atoms with Gasteiger partial charge in [-0.2, -0.15) is 0 Å². The molecule has 0 aliphatic heterocycles. The van der Waals surface area contributed by atoms with Gasteiger partial charge in [0.15, 0.2) is 0 Å². The van der Waals surface area contributed by atoms with E-state index in [4.69, 9.17) is 0 Å². The van der Waals surface area contributed by atoms with Gasteiger partial charge in [0.05, 0.1) is 5.69 Å². The van der Waals surface area contributed by atoms with Gasteiger partial charge in [-0.25, -0.2) is 0 Å². The lowest BCUT2D eigenvalue weighted by Gasteiger charge is -2.28. The minimum Gasteiger partial charge on any atom is -0.310 e. The molecule has 0 unspecified atom stereocenters. The van der Waals surface area contributed by atoms with Crippen LogP contribution in [0, 0.1) is 0 Å². The van der Waals surface area contributed by atoms with Crippen molar-refractivity contribution in [3.8, 4) is 11.1 Å². The Bertz CT molecular complexity index is 2450. The maximum absolute atomic E-state index is 2.41.